The van der Waals surface area contributed by atoms with Gasteiger partial charge in [-0.15, -0.1) is 0 Å². The number of nitrogens with zero attached hydrogens (tertiary/aromatic N) is 4. The lowest BCUT2D eigenvalue weighted by atomic mass is 10.1. The number of benzene rings is 1. The van der Waals surface area contributed by atoms with Crippen molar-refractivity contribution in [1.29, 1.82) is 0 Å². The first-order chi connectivity index (χ1) is 13.1. The lowest BCUT2D eigenvalue weighted by Gasteiger charge is -2.23. The number of carbonyl (C=O) groups is 2. The van der Waals surface area contributed by atoms with E-state index < -0.39 is 6.04 Å². The van der Waals surface area contributed by atoms with Crippen LogP contribution in [0.2, 0.25) is 0 Å². The number of hydrogen-bond acceptors (Lipinski definition) is 6. The van der Waals surface area contributed by atoms with Gasteiger partial charge in [-0.25, -0.2) is 0 Å². The molecule has 3 aromatic rings. The van der Waals surface area contributed by atoms with E-state index in [2.05, 4.69) is 15.0 Å². The van der Waals surface area contributed by atoms with Gasteiger partial charge in [0.15, 0.2) is 0 Å². The fraction of sp³-hybridized carbons (Fsp3) is 0.150. The summed E-state index contributed by atoms with van der Waals surface area (Å²) in [6, 6.07) is 9.75. The Morgan fingerprint density at radius 1 is 0.926 bits per heavy atom. The first kappa shape index (κ1) is 16.8. The van der Waals surface area contributed by atoms with E-state index in [-0.39, 0.29) is 11.8 Å². The van der Waals surface area contributed by atoms with Gasteiger partial charge < -0.3 is 4.74 Å². The zero-order chi connectivity index (χ0) is 19.0. The van der Waals surface area contributed by atoms with Gasteiger partial charge in [0.05, 0.1) is 41.9 Å². The Hall–Kier alpha value is -3.61. The number of imide groups is 1. The molecule has 0 spiro atoms. The summed E-state index contributed by atoms with van der Waals surface area (Å²) in [5.41, 5.74) is 2.42. The summed E-state index contributed by atoms with van der Waals surface area (Å²) >= 11 is 0. The van der Waals surface area contributed by atoms with Crippen LogP contribution in [-0.4, -0.2) is 38.8 Å². The average Bonchev–Trinajstić information content (AvgIpc) is 2.98. The predicted octanol–water partition coefficient (Wildman–Crippen LogP) is 2.90. The third kappa shape index (κ3) is 2.73. The summed E-state index contributed by atoms with van der Waals surface area (Å²) in [7, 11) is 1.56. The minimum Gasteiger partial charge on any atom is -0.495 e. The first-order valence-electron chi connectivity index (χ1n) is 8.40. The summed E-state index contributed by atoms with van der Waals surface area (Å²) < 4.78 is 5.13. The van der Waals surface area contributed by atoms with Gasteiger partial charge in [0.1, 0.15) is 11.4 Å². The molecule has 0 saturated carbocycles. The fourth-order valence-corrected chi connectivity index (χ4v) is 3.17. The SMILES string of the molecule is COc1ccc(-c2nccnc2C(C)N2C(=O)c3ccccc3C2=O)nc1. The molecule has 2 aromatic heterocycles. The van der Waals surface area contributed by atoms with Gasteiger partial charge in [-0.05, 0) is 31.2 Å². The Kier molecular flexibility index (Phi) is 4.12. The highest BCUT2D eigenvalue weighted by molar-refractivity contribution is 6.21. The Bertz CT molecular complexity index is 998. The van der Waals surface area contributed by atoms with E-state index >= 15 is 0 Å². The summed E-state index contributed by atoms with van der Waals surface area (Å²) in [5, 5.41) is 0. The molecule has 0 bridgehead atoms. The molecule has 7 nitrogen and oxygen atoms in total. The van der Waals surface area contributed by atoms with Gasteiger partial charge in [-0.1, -0.05) is 12.1 Å². The predicted molar refractivity (Wildman–Crippen MR) is 97.2 cm³/mol. The topological polar surface area (TPSA) is 85.3 Å². The largest absolute Gasteiger partial charge is 0.495 e. The van der Waals surface area contributed by atoms with Gasteiger partial charge >= 0.3 is 0 Å². The first-order valence-corrected chi connectivity index (χ1v) is 8.40. The second kappa shape index (κ2) is 6.60. The molecule has 0 N–H and O–H groups in total. The summed E-state index contributed by atoms with van der Waals surface area (Å²) in [4.78, 5) is 39.9. The second-order valence-corrected chi connectivity index (χ2v) is 6.08. The number of rotatable bonds is 4. The number of methoxy groups -OCH3 is 1. The highest BCUT2D eigenvalue weighted by Crippen LogP contribution is 2.33. The molecule has 1 aliphatic rings. The molecular weight excluding hydrogens is 344 g/mol. The van der Waals surface area contributed by atoms with E-state index in [4.69, 9.17) is 4.74 Å². The minimum atomic E-state index is -0.593. The zero-order valence-corrected chi connectivity index (χ0v) is 14.8. The lowest BCUT2D eigenvalue weighted by Crippen LogP contribution is -2.33. The van der Waals surface area contributed by atoms with Crippen molar-refractivity contribution in [2.24, 2.45) is 0 Å². The number of pyridine rings is 1. The van der Waals surface area contributed by atoms with Gasteiger partial charge in [-0.3, -0.25) is 29.4 Å². The van der Waals surface area contributed by atoms with Crippen LogP contribution in [0.1, 0.15) is 39.4 Å². The highest BCUT2D eigenvalue weighted by atomic mass is 16.5. The number of fused-ring (bicyclic) bond motifs is 1. The van der Waals surface area contributed by atoms with Crippen molar-refractivity contribution in [2.45, 2.75) is 13.0 Å². The van der Waals surface area contributed by atoms with E-state index in [0.717, 1.165) is 0 Å². The maximum absolute atomic E-state index is 12.8. The maximum Gasteiger partial charge on any atom is 0.262 e. The maximum atomic E-state index is 12.8. The smallest absolute Gasteiger partial charge is 0.262 e. The summed E-state index contributed by atoms with van der Waals surface area (Å²) in [6.45, 7) is 1.76. The molecule has 7 heteroatoms. The van der Waals surface area contributed by atoms with E-state index in [9.17, 15) is 9.59 Å². The van der Waals surface area contributed by atoms with E-state index in [0.29, 0.717) is 34.0 Å². The monoisotopic (exact) mass is 360 g/mol. The number of aromatic nitrogens is 3. The molecule has 0 fully saturated rings. The lowest BCUT2D eigenvalue weighted by molar-refractivity contribution is 0.0592. The molecule has 1 aromatic carbocycles. The molecule has 1 unspecified atom stereocenters. The van der Waals surface area contributed by atoms with Crippen LogP contribution in [0.3, 0.4) is 0 Å². The van der Waals surface area contributed by atoms with Crippen LogP contribution < -0.4 is 4.74 Å². The molecule has 1 atom stereocenters. The van der Waals surface area contributed by atoms with Crippen molar-refractivity contribution >= 4 is 11.8 Å². The van der Waals surface area contributed by atoms with Gasteiger partial charge in [-0.2, -0.15) is 0 Å². The Balaban J connectivity index is 1.74. The minimum absolute atomic E-state index is 0.331. The van der Waals surface area contributed by atoms with E-state index in [1.807, 2.05) is 0 Å². The number of hydrogen-bond donors (Lipinski definition) is 0. The van der Waals surface area contributed by atoms with Crippen LogP contribution in [0.15, 0.2) is 55.0 Å². The Labute approximate surface area is 155 Å². The standard InChI is InChI=1S/C20H16N4O3/c1-12(24-19(25)14-5-3-4-6-15(14)20(24)26)17-18(22-10-9-21-17)16-8-7-13(27-2)11-23-16/h3-12H,1-2H3. The van der Waals surface area contributed by atoms with Crippen molar-refractivity contribution in [3.8, 4) is 17.1 Å². The molecule has 134 valence electrons. The van der Waals surface area contributed by atoms with Crippen LogP contribution >= 0.6 is 0 Å². The van der Waals surface area contributed by atoms with Crippen LogP contribution in [0.25, 0.3) is 11.4 Å². The Morgan fingerprint density at radius 2 is 1.59 bits per heavy atom. The van der Waals surface area contributed by atoms with Crippen molar-refractivity contribution < 1.29 is 14.3 Å². The quantitative estimate of drug-likeness (QED) is 0.665. The third-order valence-electron chi connectivity index (χ3n) is 4.55. The molecule has 0 aliphatic carbocycles. The third-order valence-corrected chi connectivity index (χ3v) is 4.55. The molecule has 4 rings (SSSR count). The summed E-state index contributed by atoms with van der Waals surface area (Å²) in [6.07, 6.45) is 4.68. The highest BCUT2D eigenvalue weighted by Gasteiger charge is 2.40. The second-order valence-electron chi connectivity index (χ2n) is 6.08. The van der Waals surface area contributed by atoms with Crippen LogP contribution in [0, 0.1) is 0 Å². The van der Waals surface area contributed by atoms with E-state index in [1.165, 1.54) is 11.1 Å². The zero-order valence-electron chi connectivity index (χ0n) is 14.8. The Morgan fingerprint density at radius 3 is 2.19 bits per heavy atom. The van der Waals surface area contributed by atoms with Crippen LogP contribution in [-0.2, 0) is 0 Å². The number of carbonyl (C=O) groups excluding carboxylic acids is 2. The van der Waals surface area contributed by atoms with Gasteiger partial charge in [0, 0.05) is 12.4 Å². The normalized spacial score (nSPS) is 14.2. The van der Waals surface area contributed by atoms with Crippen molar-refractivity contribution in [1.82, 2.24) is 19.9 Å². The van der Waals surface area contributed by atoms with Crippen LogP contribution in [0.4, 0.5) is 0 Å². The van der Waals surface area contributed by atoms with Gasteiger partial charge in [0.2, 0.25) is 0 Å². The average molecular weight is 360 g/mol. The molecule has 0 saturated heterocycles. The molecule has 27 heavy (non-hydrogen) atoms. The number of ether oxygens (including phenoxy) is 1. The molecular formula is C20H16N4O3. The van der Waals surface area contributed by atoms with E-state index in [1.54, 1.807) is 62.8 Å². The molecule has 0 radical (unpaired) electrons. The molecule has 1 aliphatic heterocycles. The van der Waals surface area contributed by atoms with Crippen LogP contribution in [0.5, 0.6) is 5.75 Å². The molecule has 2 amide bonds. The number of amides is 2. The van der Waals surface area contributed by atoms with Crippen molar-refractivity contribution in [3.05, 3.63) is 71.8 Å². The van der Waals surface area contributed by atoms with Gasteiger partial charge in [0.25, 0.3) is 11.8 Å². The van der Waals surface area contributed by atoms with Crippen molar-refractivity contribution in [3.63, 3.8) is 0 Å². The fourth-order valence-electron chi connectivity index (χ4n) is 3.17. The van der Waals surface area contributed by atoms with Crippen molar-refractivity contribution in [2.75, 3.05) is 7.11 Å². The summed E-state index contributed by atoms with van der Waals surface area (Å²) in [5.74, 6) is -0.0395. The molecule has 3 heterocycles.